The summed E-state index contributed by atoms with van der Waals surface area (Å²) in [6.07, 6.45) is 7.93. The number of nitrogens with zero attached hydrogens (tertiary/aromatic N) is 1. The molecule has 0 bridgehead atoms. The third-order valence-electron chi connectivity index (χ3n) is 4.66. The molecule has 0 radical (unpaired) electrons. The van der Waals surface area contributed by atoms with Gasteiger partial charge >= 0.3 is 8.60 Å². The zero-order valence-electron chi connectivity index (χ0n) is 15.6. The Morgan fingerprint density at radius 2 is 2.31 bits per heavy atom. The quantitative estimate of drug-likeness (QED) is 0.439. The lowest BCUT2D eigenvalue weighted by atomic mass is 10.2. The maximum Gasteiger partial charge on any atom is 0.397 e. The Morgan fingerprint density at radius 3 is 3.10 bits per heavy atom. The first-order valence-electron chi connectivity index (χ1n) is 8.96. The summed E-state index contributed by atoms with van der Waals surface area (Å²) >= 11 is 5.23. The number of terminal acetylenes is 1. The lowest BCUT2D eigenvalue weighted by molar-refractivity contribution is -0.0221. The second kappa shape index (κ2) is 8.66. The van der Waals surface area contributed by atoms with Crippen molar-refractivity contribution in [1.29, 1.82) is 0 Å². The second-order valence-corrected chi connectivity index (χ2v) is 8.01. The van der Waals surface area contributed by atoms with Crippen LogP contribution in [0.1, 0.15) is 30.2 Å². The van der Waals surface area contributed by atoms with E-state index in [0.717, 1.165) is 12.0 Å². The number of ether oxygens (including phenoxy) is 2. The number of hydrogen-bond donors (Lipinski definition) is 1. The average Bonchev–Trinajstić information content (AvgIpc) is 3.20. The van der Waals surface area contributed by atoms with Gasteiger partial charge in [-0.25, -0.2) is 0 Å². The van der Waals surface area contributed by atoms with Gasteiger partial charge in [-0.15, -0.1) is 6.42 Å². The Balaban J connectivity index is 1.37. The third-order valence-corrected chi connectivity index (χ3v) is 6.00. The summed E-state index contributed by atoms with van der Waals surface area (Å²) in [7, 11) is 0.0501. The van der Waals surface area contributed by atoms with Crippen LogP contribution < -0.4 is 14.8 Å². The van der Waals surface area contributed by atoms with Crippen molar-refractivity contribution in [2.45, 2.75) is 31.8 Å². The lowest BCUT2D eigenvalue weighted by Gasteiger charge is -2.26. The molecule has 0 aliphatic carbocycles. The zero-order valence-corrected chi connectivity index (χ0v) is 17.3. The zero-order chi connectivity index (χ0) is 20.4. The predicted octanol–water partition coefficient (Wildman–Crippen LogP) is 3.43. The highest BCUT2D eigenvalue weighted by molar-refractivity contribution is 7.71. The van der Waals surface area contributed by atoms with E-state index in [1.54, 1.807) is 17.9 Å². The van der Waals surface area contributed by atoms with Crippen molar-refractivity contribution in [3.63, 3.8) is 0 Å². The van der Waals surface area contributed by atoms with Crippen LogP contribution >= 0.6 is 20.8 Å². The van der Waals surface area contributed by atoms with Gasteiger partial charge in [-0.2, -0.15) is 0 Å². The van der Waals surface area contributed by atoms with E-state index in [1.807, 2.05) is 18.2 Å². The summed E-state index contributed by atoms with van der Waals surface area (Å²) in [6.45, 7) is 0.707. The van der Waals surface area contributed by atoms with Crippen LogP contribution in [0, 0.1) is 17.1 Å². The molecular formula is C19H19N2O6PS. The van der Waals surface area contributed by atoms with Crippen LogP contribution in [0.3, 0.4) is 0 Å². The summed E-state index contributed by atoms with van der Waals surface area (Å²) in [4.78, 5) is 14.3. The number of aromatic amines is 1. The van der Waals surface area contributed by atoms with Crippen molar-refractivity contribution >= 4 is 20.8 Å². The first-order valence-corrected chi connectivity index (χ1v) is 10.5. The number of benzene rings is 1. The fourth-order valence-corrected chi connectivity index (χ4v) is 4.52. The van der Waals surface area contributed by atoms with Crippen LogP contribution in [-0.4, -0.2) is 29.4 Å². The average molecular weight is 434 g/mol. The molecule has 1 aromatic carbocycles. The first kappa shape index (κ1) is 20.1. The minimum atomic E-state index is -1.54. The van der Waals surface area contributed by atoms with Crippen LogP contribution in [0.2, 0.25) is 0 Å². The van der Waals surface area contributed by atoms with Crippen molar-refractivity contribution in [2.75, 3.05) is 13.7 Å². The Morgan fingerprint density at radius 1 is 1.45 bits per heavy atom. The minimum Gasteiger partial charge on any atom is -0.493 e. The van der Waals surface area contributed by atoms with Gasteiger partial charge in [0.1, 0.15) is 11.8 Å². The molecule has 3 atom stereocenters. The number of hydrogen-bond acceptors (Lipinski definition) is 7. The summed E-state index contributed by atoms with van der Waals surface area (Å²) in [6, 6.07) is 5.65. The Labute approximate surface area is 173 Å². The Kier molecular flexibility index (Phi) is 5.99. The molecule has 1 fully saturated rings. The maximum atomic E-state index is 11.7. The molecule has 0 spiro atoms. The molecule has 2 aliphatic rings. The van der Waals surface area contributed by atoms with Gasteiger partial charge in [0.15, 0.2) is 16.3 Å². The van der Waals surface area contributed by atoms with Gasteiger partial charge in [0.2, 0.25) is 0 Å². The molecule has 152 valence electrons. The van der Waals surface area contributed by atoms with E-state index in [-0.39, 0.29) is 28.2 Å². The molecule has 3 unspecified atom stereocenters. The van der Waals surface area contributed by atoms with E-state index in [4.69, 9.17) is 41.7 Å². The topological polar surface area (TPSA) is 83.9 Å². The van der Waals surface area contributed by atoms with Crippen molar-refractivity contribution < 1.29 is 23.0 Å². The molecule has 2 aliphatic heterocycles. The van der Waals surface area contributed by atoms with E-state index in [0.29, 0.717) is 31.1 Å². The molecule has 3 heterocycles. The predicted molar refractivity (Wildman–Crippen MR) is 108 cm³/mol. The Bertz CT molecular complexity index is 1050. The molecule has 1 aromatic heterocycles. The van der Waals surface area contributed by atoms with E-state index in [1.165, 1.54) is 0 Å². The highest BCUT2D eigenvalue weighted by Gasteiger charge is 2.31. The van der Waals surface area contributed by atoms with Crippen LogP contribution in [0.25, 0.3) is 0 Å². The fraction of sp³-hybridized carbons (Fsp3) is 0.368. The number of fused-ring (bicyclic) bond motifs is 1. The number of nitrogens with one attached hydrogen (secondary N) is 1. The van der Waals surface area contributed by atoms with Gasteiger partial charge in [0.25, 0.3) is 5.56 Å². The SMILES string of the molecule is C#Cc1cn(C2CCC(COP3OCc4cccc(OC)c4O3)O2)c(=S)[nH]c1=O. The number of methoxy groups -OCH3 is 1. The largest absolute Gasteiger partial charge is 0.493 e. The van der Waals surface area contributed by atoms with Crippen molar-refractivity contribution in [1.82, 2.24) is 9.55 Å². The summed E-state index contributed by atoms with van der Waals surface area (Å²) < 4.78 is 30.6. The standard InChI is InChI=1S/C19H19N2O6PS/c1-3-12-9-21(19(29)20-18(12)22)16-8-7-14(26-16)11-25-28-24-10-13-5-4-6-15(23-2)17(13)27-28/h1,4-6,9,14,16H,7-8,10-11H2,2H3,(H,20,22,29). The number of aromatic nitrogens is 2. The molecule has 10 heteroatoms. The van der Waals surface area contributed by atoms with E-state index in [9.17, 15) is 4.79 Å². The second-order valence-electron chi connectivity index (χ2n) is 6.48. The molecule has 2 aromatic rings. The van der Waals surface area contributed by atoms with Gasteiger partial charge in [-0.3, -0.25) is 23.4 Å². The highest BCUT2D eigenvalue weighted by atomic mass is 32.1. The van der Waals surface area contributed by atoms with Crippen LogP contribution in [0.5, 0.6) is 11.5 Å². The molecule has 0 amide bonds. The minimum absolute atomic E-state index is 0.156. The van der Waals surface area contributed by atoms with Crippen molar-refractivity contribution in [3.8, 4) is 23.8 Å². The van der Waals surface area contributed by atoms with E-state index >= 15 is 0 Å². The Hall–Kier alpha value is -2.21. The summed E-state index contributed by atoms with van der Waals surface area (Å²) in [5.41, 5.74) is 0.749. The molecule has 0 saturated carbocycles. The number of para-hydroxylation sites is 1. The van der Waals surface area contributed by atoms with Gasteiger partial charge < -0.3 is 14.0 Å². The summed E-state index contributed by atoms with van der Waals surface area (Å²) in [5.74, 6) is 3.65. The van der Waals surface area contributed by atoms with Gasteiger partial charge in [0, 0.05) is 11.8 Å². The van der Waals surface area contributed by atoms with E-state index in [2.05, 4.69) is 10.9 Å². The molecule has 29 heavy (non-hydrogen) atoms. The molecule has 1 N–H and O–H groups in total. The lowest BCUT2D eigenvalue weighted by Crippen LogP contribution is -2.21. The van der Waals surface area contributed by atoms with Crippen molar-refractivity contribution in [3.05, 3.63) is 50.6 Å². The van der Waals surface area contributed by atoms with Crippen LogP contribution in [-0.2, 0) is 20.4 Å². The van der Waals surface area contributed by atoms with Gasteiger partial charge in [0.05, 0.1) is 26.4 Å². The van der Waals surface area contributed by atoms with Crippen LogP contribution in [0.4, 0.5) is 0 Å². The monoisotopic (exact) mass is 434 g/mol. The van der Waals surface area contributed by atoms with Crippen LogP contribution in [0.15, 0.2) is 29.2 Å². The first-order chi connectivity index (χ1) is 14.1. The summed E-state index contributed by atoms with van der Waals surface area (Å²) in [5, 5.41) is 0. The number of H-pyrrole nitrogens is 1. The fourth-order valence-electron chi connectivity index (χ4n) is 3.19. The number of rotatable bonds is 5. The van der Waals surface area contributed by atoms with Gasteiger partial charge in [-0.1, -0.05) is 18.1 Å². The molecule has 1 saturated heterocycles. The smallest absolute Gasteiger partial charge is 0.397 e. The van der Waals surface area contributed by atoms with Crippen molar-refractivity contribution in [2.24, 2.45) is 0 Å². The highest BCUT2D eigenvalue weighted by Crippen LogP contribution is 2.50. The molecule has 4 rings (SSSR count). The third kappa shape index (κ3) is 4.22. The molecule has 8 nitrogen and oxygen atoms in total. The van der Waals surface area contributed by atoms with Gasteiger partial charge in [-0.05, 0) is 31.1 Å². The maximum absolute atomic E-state index is 11.7. The van der Waals surface area contributed by atoms with E-state index < -0.39 is 8.60 Å². The molecular weight excluding hydrogens is 415 g/mol. The normalized spacial score (nSPS) is 23.1.